The normalized spacial score (nSPS) is 10.9. The van der Waals surface area contributed by atoms with Gasteiger partial charge in [-0.25, -0.2) is 9.97 Å². The first-order chi connectivity index (χ1) is 8.17. The number of aromatic nitrogens is 2. The maximum absolute atomic E-state index is 4.63. The van der Waals surface area contributed by atoms with Crippen LogP contribution < -0.4 is 5.32 Å². The van der Waals surface area contributed by atoms with Crippen LogP contribution in [0.25, 0.3) is 0 Å². The number of nitrogens with one attached hydrogen (secondary N) is 1. The minimum absolute atomic E-state index is 0.459. The second-order valence-corrected chi connectivity index (χ2v) is 4.78. The summed E-state index contributed by atoms with van der Waals surface area (Å²) in [5.74, 6) is 2.42. The first-order valence-electron chi connectivity index (χ1n) is 6.79. The van der Waals surface area contributed by atoms with Gasteiger partial charge in [-0.1, -0.05) is 34.1 Å². The molecule has 3 nitrogen and oxygen atoms in total. The van der Waals surface area contributed by atoms with E-state index in [9.17, 15) is 0 Å². The van der Waals surface area contributed by atoms with E-state index in [1.54, 1.807) is 0 Å². The van der Waals surface area contributed by atoms with Crippen LogP contribution in [0, 0.1) is 0 Å². The number of rotatable bonds is 7. The van der Waals surface area contributed by atoms with E-state index in [0.29, 0.717) is 5.92 Å². The van der Waals surface area contributed by atoms with Crippen molar-refractivity contribution >= 4 is 5.82 Å². The standard InChI is InChI=1S/C14H25N3/c1-5-7-8-13-16-12(11(3)4)10-14(17-13)15-9-6-2/h10-11H,5-9H2,1-4H3,(H,15,16,17). The Morgan fingerprint density at radius 3 is 2.53 bits per heavy atom. The summed E-state index contributed by atoms with van der Waals surface area (Å²) in [4.78, 5) is 9.20. The highest BCUT2D eigenvalue weighted by Crippen LogP contribution is 2.16. The van der Waals surface area contributed by atoms with Crippen molar-refractivity contribution in [1.82, 2.24) is 9.97 Å². The van der Waals surface area contributed by atoms with Crippen LogP contribution in [-0.2, 0) is 6.42 Å². The van der Waals surface area contributed by atoms with Crippen molar-refractivity contribution in [2.45, 2.75) is 59.3 Å². The molecule has 0 fully saturated rings. The summed E-state index contributed by atoms with van der Waals surface area (Å²) in [6, 6.07) is 2.08. The van der Waals surface area contributed by atoms with Crippen LogP contribution >= 0.6 is 0 Å². The van der Waals surface area contributed by atoms with Gasteiger partial charge in [-0.15, -0.1) is 0 Å². The first kappa shape index (κ1) is 13.9. The summed E-state index contributed by atoms with van der Waals surface area (Å²) in [6.45, 7) is 9.69. The number of hydrogen-bond donors (Lipinski definition) is 1. The molecule has 0 radical (unpaired) electrons. The third-order valence-corrected chi connectivity index (χ3v) is 2.69. The number of anilines is 1. The molecule has 0 saturated carbocycles. The van der Waals surface area contributed by atoms with Crippen molar-refractivity contribution in [2.75, 3.05) is 11.9 Å². The van der Waals surface area contributed by atoms with Crippen molar-refractivity contribution in [1.29, 1.82) is 0 Å². The molecule has 96 valence electrons. The predicted molar refractivity (Wildman–Crippen MR) is 73.5 cm³/mol. The summed E-state index contributed by atoms with van der Waals surface area (Å²) < 4.78 is 0. The summed E-state index contributed by atoms with van der Waals surface area (Å²) >= 11 is 0. The SMILES string of the molecule is CCCCc1nc(NCCC)cc(C(C)C)n1. The highest BCUT2D eigenvalue weighted by Gasteiger charge is 2.07. The van der Waals surface area contributed by atoms with E-state index in [0.717, 1.165) is 43.1 Å². The molecular weight excluding hydrogens is 210 g/mol. The summed E-state index contributed by atoms with van der Waals surface area (Å²) in [5.41, 5.74) is 1.14. The molecule has 0 bridgehead atoms. The molecule has 0 aliphatic heterocycles. The van der Waals surface area contributed by atoms with E-state index in [1.807, 2.05) is 0 Å². The molecule has 0 saturated heterocycles. The lowest BCUT2D eigenvalue weighted by Crippen LogP contribution is -2.08. The second-order valence-electron chi connectivity index (χ2n) is 4.78. The van der Waals surface area contributed by atoms with Gasteiger partial charge in [-0.05, 0) is 18.8 Å². The van der Waals surface area contributed by atoms with Gasteiger partial charge < -0.3 is 5.32 Å². The van der Waals surface area contributed by atoms with E-state index in [1.165, 1.54) is 6.42 Å². The van der Waals surface area contributed by atoms with Crippen LogP contribution in [0.2, 0.25) is 0 Å². The van der Waals surface area contributed by atoms with Crippen LogP contribution in [-0.4, -0.2) is 16.5 Å². The molecule has 1 rings (SSSR count). The molecule has 0 aromatic carbocycles. The Kier molecular flexibility index (Phi) is 5.95. The minimum Gasteiger partial charge on any atom is -0.370 e. The first-order valence-corrected chi connectivity index (χ1v) is 6.79. The second kappa shape index (κ2) is 7.25. The Hall–Kier alpha value is -1.12. The van der Waals surface area contributed by atoms with Gasteiger partial charge in [0.15, 0.2) is 0 Å². The molecule has 1 N–H and O–H groups in total. The van der Waals surface area contributed by atoms with Gasteiger partial charge in [-0.2, -0.15) is 0 Å². The topological polar surface area (TPSA) is 37.8 Å². The van der Waals surface area contributed by atoms with Crippen LogP contribution in [0.5, 0.6) is 0 Å². The lowest BCUT2D eigenvalue weighted by Gasteiger charge is -2.11. The van der Waals surface area contributed by atoms with E-state index < -0.39 is 0 Å². The maximum Gasteiger partial charge on any atom is 0.131 e. The number of unbranched alkanes of at least 4 members (excludes halogenated alkanes) is 1. The molecule has 1 aromatic rings. The lowest BCUT2D eigenvalue weighted by atomic mass is 10.1. The van der Waals surface area contributed by atoms with Gasteiger partial charge in [0.25, 0.3) is 0 Å². The Bertz CT molecular complexity index is 308. The zero-order chi connectivity index (χ0) is 12.7. The molecule has 0 spiro atoms. The summed E-state index contributed by atoms with van der Waals surface area (Å²) in [6.07, 6.45) is 4.45. The summed E-state index contributed by atoms with van der Waals surface area (Å²) in [5, 5.41) is 3.36. The smallest absolute Gasteiger partial charge is 0.131 e. The van der Waals surface area contributed by atoms with Crippen molar-refractivity contribution in [3.8, 4) is 0 Å². The van der Waals surface area contributed by atoms with Gasteiger partial charge in [0.2, 0.25) is 0 Å². The van der Waals surface area contributed by atoms with Crippen molar-refractivity contribution < 1.29 is 0 Å². The molecule has 0 aliphatic carbocycles. The van der Waals surface area contributed by atoms with E-state index >= 15 is 0 Å². The average Bonchev–Trinajstić information content (AvgIpc) is 2.33. The highest BCUT2D eigenvalue weighted by molar-refractivity contribution is 5.36. The Balaban J connectivity index is 2.84. The molecule has 0 amide bonds. The van der Waals surface area contributed by atoms with Crippen molar-refractivity contribution in [3.05, 3.63) is 17.6 Å². The van der Waals surface area contributed by atoms with Crippen LogP contribution in [0.15, 0.2) is 6.07 Å². The lowest BCUT2D eigenvalue weighted by molar-refractivity contribution is 0.726. The largest absolute Gasteiger partial charge is 0.370 e. The predicted octanol–water partition coefficient (Wildman–Crippen LogP) is 3.76. The monoisotopic (exact) mass is 235 g/mol. The average molecular weight is 235 g/mol. The van der Waals surface area contributed by atoms with E-state index in [4.69, 9.17) is 0 Å². The van der Waals surface area contributed by atoms with Crippen molar-refractivity contribution in [2.24, 2.45) is 0 Å². The van der Waals surface area contributed by atoms with Crippen molar-refractivity contribution in [3.63, 3.8) is 0 Å². The van der Waals surface area contributed by atoms with Crippen LogP contribution in [0.4, 0.5) is 5.82 Å². The molecular formula is C14H25N3. The molecule has 0 atom stereocenters. The third kappa shape index (κ3) is 4.72. The molecule has 17 heavy (non-hydrogen) atoms. The third-order valence-electron chi connectivity index (χ3n) is 2.69. The molecule has 0 aliphatic rings. The molecule has 3 heteroatoms. The van der Waals surface area contributed by atoms with E-state index in [2.05, 4.69) is 49.0 Å². The number of hydrogen-bond acceptors (Lipinski definition) is 3. The molecule has 0 unspecified atom stereocenters. The molecule has 1 heterocycles. The van der Waals surface area contributed by atoms with E-state index in [-0.39, 0.29) is 0 Å². The number of nitrogens with zero attached hydrogens (tertiary/aromatic N) is 2. The zero-order valence-corrected chi connectivity index (χ0v) is 11.6. The van der Waals surface area contributed by atoms with Gasteiger partial charge in [0.1, 0.15) is 11.6 Å². The Morgan fingerprint density at radius 2 is 1.94 bits per heavy atom. The summed E-state index contributed by atoms with van der Waals surface area (Å²) in [7, 11) is 0. The zero-order valence-electron chi connectivity index (χ0n) is 11.6. The highest BCUT2D eigenvalue weighted by atomic mass is 15.0. The Morgan fingerprint density at radius 1 is 1.18 bits per heavy atom. The quantitative estimate of drug-likeness (QED) is 0.782. The van der Waals surface area contributed by atoms with Gasteiger partial charge in [0.05, 0.1) is 0 Å². The molecule has 1 aromatic heterocycles. The maximum atomic E-state index is 4.63. The van der Waals surface area contributed by atoms with Gasteiger partial charge in [-0.3, -0.25) is 0 Å². The number of aryl methyl sites for hydroxylation is 1. The fraction of sp³-hybridized carbons (Fsp3) is 0.714. The van der Waals surface area contributed by atoms with Crippen LogP contribution in [0.1, 0.15) is 64.4 Å². The van der Waals surface area contributed by atoms with Gasteiger partial charge in [0, 0.05) is 24.7 Å². The van der Waals surface area contributed by atoms with Crippen LogP contribution in [0.3, 0.4) is 0 Å². The fourth-order valence-electron chi connectivity index (χ4n) is 1.60. The Labute approximate surface area is 105 Å². The minimum atomic E-state index is 0.459. The fourth-order valence-corrected chi connectivity index (χ4v) is 1.60. The van der Waals surface area contributed by atoms with Gasteiger partial charge >= 0.3 is 0 Å².